The molecule has 13 heteroatoms. The zero-order valence-corrected chi connectivity index (χ0v) is 20.7. The first-order valence-corrected chi connectivity index (χ1v) is 13.0. The molecule has 0 spiro atoms. The topological polar surface area (TPSA) is 108 Å². The Hall–Kier alpha value is -3.61. The number of aromatic nitrogens is 3. The van der Waals surface area contributed by atoms with E-state index in [4.69, 9.17) is 11.6 Å². The summed E-state index contributed by atoms with van der Waals surface area (Å²) in [6, 6.07) is 15.1. The lowest BCUT2D eigenvalue weighted by molar-refractivity contribution is 0.0515. The van der Waals surface area contributed by atoms with Crippen molar-refractivity contribution >= 4 is 38.4 Å². The molecule has 4 aromatic rings. The molecule has 9 nitrogen and oxygen atoms in total. The van der Waals surface area contributed by atoms with Gasteiger partial charge in [0.25, 0.3) is 21.5 Å². The molecule has 1 aliphatic heterocycles. The SMILES string of the molecule is O=C(c1ccc(-c2ccc(=O)n(C(F)F)n2)cc1)N1CCN(S(=O)(=O)c2cc3cc(Cl)ccc3[nH]2)CC1. The minimum atomic E-state index is -3.79. The molecule has 192 valence electrons. The molecule has 1 N–H and O–H groups in total. The maximum atomic E-state index is 13.1. The van der Waals surface area contributed by atoms with E-state index >= 15 is 0 Å². The minimum Gasteiger partial charge on any atom is -0.345 e. The Kier molecular flexibility index (Phi) is 6.56. The number of amides is 1. The Bertz CT molecular complexity index is 1650. The van der Waals surface area contributed by atoms with E-state index in [1.165, 1.54) is 28.6 Å². The van der Waals surface area contributed by atoms with Crippen LogP contribution in [0.15, 0.2) is 70.5 Å². The van der Waals surface area contributed by atoms with E-state index < -0.39 is 22.1 Å². The maximum Gasteiger partial charge on any atom is 0.336 e. The first-order chi connectivity index (χ1) is 17.6. The second kappa shape index (κ2) is 9.69. The molecule has 1 fully saturated rings. The highest BCUT2D eigenvalue weighted by atomic mass is 35.5. The first-order valence-electron chi connectivity index (χ1n) is 11.2. The van der Waals surface area contributed by atoms with E-state index in [2.05, 4.69) is 10.1 Å². The molecule has 2 aromatic heterocycles. The average molecular weight is 548 g/mol. The maximum absolute atomic E-state index is 13.1. The standard InChI is InChI=1S/C24H20ClF2N5O4S/c25-18-5-6-19-17(13-18)14-21(28-19)37(35,36)31-11-9-30(10-12-31)23(34)16-3-1-15(2-4-16)20-7-8-22(33)32(29-20)24(26)27/h1-8,13-14,24,28H,9-12H2. The lowest BCUT2D eigenvalue weighted by atomic mass is 10.1. The molecule has 0 bridgehead atoms. The van der Waals surface area contributed by atoms with Crippen LogP contribution >= 0.6 is 11.6 Å². The Morgan fingerprint density at radius 2 is 1.68 bits per heavy atom. The normalized spacial score (nSPS) is 15.0. The van der Waals surface area contributed by atoms with Crippen LogP contribution in [0.2, 0.25) is 5.02 Å². The summed E-state index contributed by atoms with van der Waals surface area (Å²) < 4.78 is 53.6. The van der Waals surface area contributed by atoms with Crippen LogP contribution in [0.1, 0.15) is 16.9 Å². The van der Waals surface area contributed by atoms with E-state index in [1.54, 1.807) is 35.2 Å². The second-order valence-electron chi connectivity index (χ2n) is 8.42. The van der Waals surface area contributed by atoms with Crippen LogP contribution in [0.3, 0.4) is 0 Å². The van der Waals surface area contributed by atoms with Gasteiger partial charge < -0.3 is 9.88 Å². The number of H-pyrrole nitrogens is 1. The van der Waals surface area contributed by atoms with E-state index in [0.29, 0.717) is 27.1 Å². The monoisotopic (exact) mass is 547 g/mol. The second-order valence-corrected chi connectivity index (χ2v) is 10.8. The van der Waals surface area contributed by atoms with E-state index in [9.17, 15) is 26.8 Å². The van der Waals surface area contributed by atoms with E-state index in [1.807, 2.05) is 0 Å². The van der Waals surface area contributed by atoms with Crippen molar-refractivity contribution in [2.45, 2.75) is 11.6 Å². The van der Waals surface area contributed by atoms with Crippen LogP contribution in [0.4, 0.5) is 8.78 Å². The van der Waals surface area contributed by atoms with Gasteiger partial charge in [0.05, 0.1) is 5.69 Å². The van der Waals surface area contributed by atoms with Gasteiger partial charge in [-0.05, 0) is 42.5 Å². The Morgan fingerprint density at radius 3 is 2.35 bits per heavy atom. The summed E-state index contributed by atoms with van der Waals surface area (Å²) in [6.45, 7) is -2.41. The van der Waals surface area contributed by atoms with Crippen molar-refractivity contribution in [2.24, 2.45) is 0 Å². The van der Waals surface area contributed by atoms with Crippen molar-refractivity contribution in [1.82, 2.24) is 24.0 Å². The molecule has 37 heavy (non-hydrogen) atoms. The van der Waals surface area contributed by atoms with E-state index in [-0.39, 0.29) is 47.5 Å². The summed E-state index contributed by atoms with van der Waals surface area (Å²) in [4.78, 5) is 29.0. The number of fused-ring (bicyclic) bond motifs is 1. The third-order valence-corrected chi connectivity index (χ3v) is 8.20. The highest BCUT2D eigenvalue weighted by molar-refractivity contribution is 7.89. The number of nitrogens with one attached hydrogen (secondary N) is 1. The molecule has 5 rings (SSSR count). The van der Waals surface area contributed by atoms with Crippen LogP contribution in [0.5, 0.6) is 0 Å². The first kappa shape index (κ1) is 25.1. The van der Waals surface area contributed by atoms with Gasteiger partial charge in [0, 0.05) is 59.3 Å². The van der Waals surface area contributed by atoms with Crippen LogP contribution in [0, 0.1) is 0 Å². The molecule has 1 amide bonds. The molecule has 0 unspecified atom stereocenters. The zero-order valence-electron chi connectivity index (χ0n) is 19.1. The number of hydrogen-bond donors (Lipinski definition) is 1. The van der Waals surface area contributed by atoms with Crippen LogP contribution in [0.25, 0.3) is 22.2 Å². The lowest BCUT2D eigenvalue weighted by Crippen LogP contribution is -2.50. The van der Waals surface area contributed by atoms with Gasteiger partial charge in [0.15, 0.2) is 0 Å². The third kappa shape index (κ3) is 4.87. The van der Waals surface area contributed by atoms with Gasteiger partial charge in [0.1, 0.15) is 5.03 Å². The predicted octanol–water partition coefficient (Wildman–Crippen LogP) is 3.59. The number of carbonyl (C=O) groups excluding carboxylic acids is 1. The number of aromatic amines is 1. The molecule has 0 aliphatic carbocycles. The fourth-order valence-corrected chi connectivity index (χ4v) is 5.79. The van der Waals surface area contributed by atoms with Crippen LogP contribution < -0.4 is 5.56 Å². The zero-order chi connectivity index (χ0) is 26.3. The van der Waals surface area contributed by atoms with Crippen LogP contribution in [-0.4, -0.2) is 64.5 Å². The quantitative estimate of drug-likeness (QED) is 0.411. The largest absolute Gasteiger partial charge is 0.345 e. The van der Waals surface area contributed by atoms with Crippen molar-refractivity contribution in [2.75, 3.05) is 26.2 Å². The number of alkyl halides is 2. The fourth-order valence-electron chi connectivity index (χ4n) is 4.17. The number of carbonyl (C=O) groups is 1. The molecule has 0 saturated carbocycles. The number of piperazine rings is 1. The number of rotatable bonds is 5. The smallest absolute Gasteiger partial charge is 0.336 e. The van der Waals surface area contributed by atoms with Gasteiger partial charge in [-0.15, -0.1) is 0 Å². The predicted molar refractivity (Wildman–Crippen MR) is 133 cm³/mol. The number of nitrogens with zero attached hydrogens (tertiary/aromatic N) is 4. The molecule has 1 aliphatic rings. The highest BCUT2D eigenvalue weighted by Gasteiger charge is 2.31. The molecule has 0 atom stereocenters. The minimum absolute atomic E-state index is 0.0620. The fraction of sp³-hybridized carbons (Fsp3) is 0.208. The van der Waals surface area contributed by atoms with Crippen LogP contribution in [-0.2, 0) is 10.0 Å². The highest BCUT2D eigenvalue weighted by Crippen LogP contribution is 2.25. The summed E-state index contributed by atoms with van der Waals surface area (Å²) in [5.74, 6) is -0.283. The van der Waals surface area contributed by atoms with Gasteiger partial charge >= 0.3 is 6.55 Å². The Labute approximate surface area is 214 Å². The lowest BCUT2D eigenvalue weighted by Gasteiger charge is -2.33. The summed E-state index contributed by atoms with van der Waals surface area (Å²) in [5, 5.41) is 4.92. The molecular formula is C24H20ClF2N5O4S. The van der Waals surface area contributed by atoms with Crippen molar-refractivity contribution in [3.8, 4) is 11.3 Å². The van der Waals surface area contributed by atoms with Crippen molar-refractivity contribution in [1.29, 1.82) is 0 Å². The molecule has 3 heterocycles. The van der Waals surface area contributed by atoms with Crippen molar-refractivity contribution in [3.63, 3.8) is 0 Å². The van der Waals surface area contributed by atoms with E-state index in [0.717, 1.165) is 6.07 Å². The van der Waals surface area contributed by atoms with Gasteiger partial charge in [0.2, 0.25) is 0 Å². The molecular weight excluding hydrogens is 528 g/mol. The summed E-state index contributed by atoms with van der Waals surface area (Å²) in [6.07, 6.45) is 0. The van der Waals surface area contributed by atoms with Gasteiger partial charge in [-0.3, -0.25) is 9.59 Å². The summed E-state index contributed by atoms with van der Waals surface area (Å²) in [5.41, 5.74) is 0.720. The third-order valence-electron chi connectivity index (χ3n) is 6.14. The number of sulfonamides is 1. The molecule has 0 radical (unpaired) electrons. The molecule has 2 aromatic carbocycles. The average Bonchev–Trinajstić information content (AvgIpc) is 3.33. The van der Waals surface area contributed by atoms with Gasteiger partial charge in [-0.1, -0.05) is 23.7 Å². The van der Waals surface area contributed by atoms with Gasteiger partial charge in [-0.2, -0.15) is 22.9 Å². The summed E-state index contributed by atoms with van der Waals surface area (Å²) >= 11 is 6.00. The van der Waals surface area contributed by atoms with Gasteiger partial charge in [-0.25, -0.2) is 8.42 Å². The number of benzene rings is 2. The van der Waals surface area contributed by atoms with Crippen molar-refractivity contribution in [3.05, 3.63) is 81.6 Å². The van der Waals surface area contributed by atoms with Crippen molar-refractivity contribution < 1.29 is 22.0 Å². The summed E-state index contributed by atoms with van der Waals surface area (Å²) in [7, 11) is -3.79. The molecule has 1 saturated heterocycles. The Balaban J connectivity index is 1.26. The Morgan fingerprint density at radius 1 is 0.973 bits per heavy atom. The number of hydrogen-bond acceptors (Lipinski definition) is 5. The number of halogens is 3.